The number of thiophene rings is 7. The molecule has 7 heteroatoms. The zero-order valence-electron chi connectivity index (χ0n) is 42.0. The summed E-state index contributed by atoms with van der Waals surface area (Å²) in [7, 11) is 0. The van der Waals surface area contributed by atoms with Crippen molar-refractivity contribution in [2.24, 2.45) is 0 Å². The van der Waals surface area contributed by atoms with Gasteiger partial charge in [0.15, 0.2) is 0 Å². The van der Waals surface area contributed by atoms with Gasteiger partial charge in [-0.15, -0.1) is 79.4 Å². The van der Waals surface area contributed by atoms with Gasteiger partial charge in [0.25, 0.3) is 0 Å². The highest BCUT2D eigenvalue weighted by atomic mass is 32.1. The van der Waals surface area contributed by atoms with E-state index < -0.39 is 0 Å². The Balaban J connectivity index is 1.11. The van der Waals surface area contributed by atoms with E-state index in [4.69, 9.17) is 0 Å². The molecule has 0 aliphatic heterocycles. The summed E-state index contributed by atoms with van der Waals surface area (Å²) in [5.41, 5.74) is 13.3. The third-order valence-corrected chi connectivity index (χ3v) is 22.2. The van der Waals surface area contributed by atoms with Crippen LogP contribution in [-0.2, 0) is 25.7 Å². The van der Waals surface area contributed by atoms with Crippen molar-refractivity contribution in [3.63, 3.8) is 0 Å². The van der Waals surface area contributed by atoms with E-state index in [1.807, 2.05) is 68.0 Å². The minimum atomic E-state index is 1.14. The third-order valence-electron chi connectivity index (χ3n) is 13.7. The van der Waals surface area contributed by atoms with E-state index in [1.54, 1.807) is 5.56 Å². The van der Waals surface area contributed by atoms with E-state index in [2.05, 4.69) is 137 Å². The smallest absolute Gasteiger partial charge is 0.0481 e. The minimum Gasteiger partial charge on any atom is -0.143 e. The Morgan fingerprint density at radius 3 is 1.03 bits per heavy atom. The van der Waals surface area contributed by atoms with Crippen LogP contribution in [0.1, 0.15) is 169 Å². The zero-order chi connectivity index (χ0) is 47.4. The van der Waals surface area contributed by atoms with Gasteiger partial charge in [-0.05, 0) is 194 Å². The van der Waals surface area contributed by atoms with Crippen LogP contribution in [0.15, 0.2) is 77.5 Å². The molecule has 360 valence electrons. The number of unbranched alkanes of at least 4 members (excludes halogenated alkanes) is 12. The average molecular weight is 1030 g/mol. The zero-order valence-corrected chi connectivity index (χ0v) is 47.7. The maximum Gasteiger partial charge on any atom is 0.0481 e. The average Bonchev–Trinajstić information content (AvgIpc) is 4.19. The highest BCUT2D eigenvalue weighted by Crippen LogP contribution is 2.51. The van der Waals surface area contributed by atoms with Crippen molar-refractivity contribution in [1.82, 2.24) is 0 Å². The van der Waals surface area contributed by atoms with Gasteiger partial charge in [0.05, 0.1) is 0 Å². The lowest BCUT2D eigenvalue weighted by atomic mass is 9.91. The highest BCUT2D eigenvalue weighted by molar-refractivity contribution is 7.29. The fraction of sp³-hybridized carbons (Fsp3) is 0.443. The number of aryl methyl sites for hydroxylation is 6. The van der Waals surface area contributed by atoms with E-state index in [1.165, 1.54) is 219 Å². The number of benzene rings is 1. The normalized spacial score (nSPS) is 11.8. The van der Waals surface area contributed by atoms with Gasteiger partial charge in [0, 0.05) is 58.5 Å². The van der Waals surface area contributed by atoms with E-state index >= 15 is 0 Å². The molecule has 0 atom stereocenters. The van der Waals surface area contributed by atoms with E-state index in [0.717, 1.165) is 12.8 Å². The molecule has 0 radical (unpaired) electrons. The van der Waals surface area contributed by atoms with Crippen molar-refractivity contribution in [3.8, 4) is 69.7 Å². The first-order valence-corrected chi connectivity index (χ1v) is 32.0. The van der Waals surface area contributed by atoms with Crippen LogP contribution in [0.4, 0.5) is 0 Å². The van der Waals surface area contributed by atoms with Gasteiger partial charge in [-0.25, -0.2) is 0 Å². The number of hydrogen-bond donors (Lipinski definition) is 0. The second kappa shape index (κ2) is 25.5. The predicted octanol–water partition coefficient (Wildman–Crippen LogP) is 23.2. The lowest BCUT2D eigenvalue weighted by Gasteiger charge is -2.16. The molecule has 0 unspecified atom stereocenters. The first-order valence-electron chi connectivity index (χ1n) is 26.1. The second-order valence-electron chi connectivity index (χ2n) is 19.1. The quantitative estimate of drug-likeness (QED) is 0.0450. The van der Waals surface area contributed by atoms with Crippen LogP contribution in [0.5, 0.6) is 0 Å². The van der Waals surface area contributed by atoms with Crippen molar-refractivity contribution in [2.75, 3.05) is 0 Å². The molecule has 0 spiro atoms. The van der Waals surface area contributed by atoms with Crippen LogP contribution in [0, 0.1) is 20.8 Å². The molecule has 8 rings (SSSR count). The Morgan fingerprint density at radius 1 is 0.309 bits per heavy atom. The molecule has 0 amide bonds. The van der Waals surface area contributed by atoms with Gasteiger partial charge in [-0.2, -0.15) is 0 Å². The van der Waals surface area contributed by atoms with E-state index in [0.29, 0.717) is 0 Å². The fourth-order valence-electron chi connectivity index (χ4n) is 10.1. The highest BCUT2D eigenvalue weighted by Gasteiger charge is 2.23. The maximum absolute atomic E-state index is 2.60. The van der Waals surface area contributed by atoms with Gasteiger partial charge >= 0.3 is 0 Å². The number of rotatable bonds is 27. The van der Waals surface area contributed by atoms with Crippen molar-refractivity contribution in [3.05, 3.63) is 116 Å². The van der Waals surface area contributed by atoms with Crippen molar-refractivity contribution in [2.45, 2.75) is 177 Å². The van der Waals surface area contributed by atoms with Gasteiger partial charge in [0.2, 0.25) is 0 Å². The minimum absolute atomic E-state index is 1.14. The van der Waals surface area contributed by atoms with Gasteiger partial charge in [-0.3, -0.25) is 0 Å². The van der Waals surface area contributed by atoms with Gasteiger partial charge in [0.1, 0.15) is 0 Å². The summed E-state index contributed by atoms with van der Waals surface area (Å²) in [5, 5.41) is 4.61. The van der Waals surface area contributed by atoms with Crippen molar-refractivity contribution in [1.29, 1.82) is 0 Å². The molecule has 0 aliphatic rings. The van der Waals surface area contributed by atoms with Crippen LogP contribution < -0.4 is 0 Å². The van der Waals surface area contributed by atoms with Crippen LogP contribution >= 0.6 is 79.4 Å². The summed E-state index contributed by atoms with van der Waals surface area (Å²) in [4.78, 5) is 17.3. The monoisotopic (exact) mass is 1030 g/mol. The topological polar surface area (TPSA) is 0 Å². The van der Waals surface area contributed by atoms with Crippen LogP contribution in [0.3, 0.4) is 0 Å². The molecule has 0 fully saturated rings. The van der Waals surface area contributed by atoms with Gasteiger partial charge in [-0.1, -0.05) is 111 Å². The van der Waals surface area contributed by atoms with Crippen LogP contribution in [0.2, 0.25) is 0 Å². The second-order valence-corrected chi connectivity index (χ2v) is 26.3. The lowest BCUT2D eigenvalue weighted by Crippen LogP contribution is -1.94. The molecule has 0 nitrogen and oxygen atoms in total. The lowest BCUT2D eigenvalue weighted by molar-refractivity contribution is 0.668. The first-order chi connectivity index (χ1) is 33.3. The summed E-state index contributed by atoms with van der Waals surface area (Å²) in [6.45, 7) is 16.4. The van der Waals surface area contributed by atoms with Crippen molar-refractivity contribution < 1.29 is 0 Å². The molecule has 0 bridgehead atoms. The number of hydrogen-bond acceptors (Lipinski definition) is 7. The Hall–Kier alpha value is -2.88. The summed E-state index contributed by atoms with van der Waals surface area (Å²) in [6.07, 6.45) is 25.4. The Kier molecular flexibility index (Phi) is 19.3. The standard InChI is InChI=1S/C61H74S7/c1-8-12-16-20-24-44-34-36-62-58(44)50-30-28-48(64-50)49-29-31-52(65-49)60-46(26-22-18-14-10-3)39-54(67-60)56-41(5)38-42(6)57(43(56)7)55-40-47(27-23-19-15-11-4)61(68-55)53-33-32-51(66-53)59-45(35-37-63-59)25-21-17-13-9-2/h28-40H,8-27H2,1-7H3. The molecule has 7 heterocycles. The SMILES string of the molecule is CCCCCCc1ccsc1-c1ccc(-c2ccc(-c3sc(-c4c(C)cc(C)c(-c5cc(CCCCCC)c(-c6ccc(-c7sccc7CCCCCC)s6)s5)c4C)cc3CCCCCC)s2)s1. The first kappa shape index (κ1) is 51.5. The van der Waals surface area contributed by atoms with Gasteiger partial charge < -0.3 is 0 Å². The molecule has 0 aliphatic carbocycles. The summed E-state index contributed by atoms with van der Waals surface area (Å²) in [5.74, 6) is 0. The molecular weight excluding hydrogens is 957 g/mol. The summed E-state index contributed by atoms with van der Waals surface area (Å²) >= 11 is 13.9. The molecule has 1 aromatic carbocycles. The van der Waals surface area contributed by atoms with Crippen molar-refractivity contribution >= 4 is 79.4 Å². The molecule has 7 aromatic heterocycles. The van der Waals surface area contributed by atoms with E-state index in [-0.39, 0.29) is 0 Å². The van der Waals surface area contributed by atoms with E-state index in [9.17, 15) is 0 Å². The Labute approximate surface area is 438 Å². The molecule has 0 N–H and O–H groups in total. The van der Waals surface area contributed by atoms with Crippen LogP contribution in [0.25, 0.3) is 69.7 Å². The Bertz CT molecular complexity index is 2800. The molecule has 0 saturated carbocycles. The third kappa shape index (κ3) is 12.4. The molecule has 68 heavy (non-hydrogen) atoms. The fourth-order valence-corrected chi connectivity index (χ4v) is 18.5. The predicted molar refractivity (Wildman–Crippen MR) is 315 cm³/mol. The Morgan fingerprint density at radius 2 is 0.647 bits per heavy atom. The molecule has 8 aromatic rings. The summed E-state index contributed by atoms with van der Waals surface area (Å²) < 4.78 is 0. The summed E-state index contributed by atoms with van der Waals surface area (Å²) in [6, 6.07) is 26.9. The largest absolute Gasteiger partial charge is 0.143 e. The molecule has 0 saturated heterocycles. The van der Waals surface area contributed by atoms with Crippen LogP contribution in [-0.4, -0.2) is 0 Å². The maximum atomic E-state index is 2.60. The molecular formula is C61H74S7.